The maximum atomic E-state index is 16.7. The van der Waals surface area contributed by atoms with Gasteiger partial charge in [-0.2, -0.15) is 26.3 Å². The minimum atomic E-state index is -5.78. The summed E-state index contributed by atoms with van der Waals surface area (Å²) in [6.45, 7) is 8.84. The summed E-state index contributed by atoms with van der Waals surface area (Å²) in [6.07, 6.45) is 0. The molecular formula is C45H38F6O4S2. The SMILES string of the molecule is CCOc1ccc(-c2cc(C3=C(c4cc(-c5ccc(OCC)cc5)sc4-c4ccc(OCC)cc4)C(F)(F)C(F)(F)C3(F)F)c(-c3ccc(OCC)cc3)s2)cc1. The Morgan fingerprint density at radius 1 is 0.404 bits per heavy atom. The van der Waals surface area contributed by atoms with Gasteiger partial charge in [0.15, 0.2) is 0 Å². The molecule has 0 saturated heterocycles. The van der Waals surface area contributed by atoms with Crippen molar-refractivity contribution in [3.05, 3.63) is 120 Å². The Bertz CT molecular complexity index is 2200. The summed E-state index contributed by atoms with van der Waals surface area (Å²) in [5.74, 6) is -14.2. The number of hydrogen-bond acceptors (Lipinski definition) is 6. The van der Waals surface area contributed by atoms with E-state index in [4.69, 9.17) is 18.9 Å². The molecule has 1 aliphatic carbocycles. The molecule has 0 saturated carbocycles. The highest BCUT2D eigenvalue weighted by Crippen LogP contribution is 2.67. The molecule has 0 atom stereocenters. The molecule has 0 N–H and O–H groups in total. The average molecular weight is 821 g/mol. The van der Waals surface area contributed by atoms with Crippen molar-refractivity contribution in [3.63, 3.8) is 0 Å². The van der Waals surface area contributed by atoms with Crippen LogP contribution in [-0.2, 0) is 0 Å². The zero-order valence-corrected chi connectivity index (χ0v) is 33.1. The molecule has 0 bridgehead atoms. The lowest BCUT2D eigenvalue weighted by molar-refractivity contribution is -0.254. The first-order chi connectivity index (χ1) is 27.3. The second kappa shape index (κ2) is 16.0. The van der Waals surface area contributed by atoms with Crippen LogP contribution >= 0.6 is 22.7 Å². The van der Waals surface area contributed by atoms with E-state index in [-0.39, 0.29) is 9.75 Å². The van der Waals surface area contributed by atoms with Crippen LogP contribution in [0.25, 0.3) is 52.9 Å². The smallest absolute Gasteiger partial charge is 0.380 e. The molecule has 57 heavy (non-hydrogen) atoms. The van der Waals surface area contributed by atoms with Gasteiger partial charge in [-0.3, -0.25) is 0 Å². The Hall–Kier alpha value is -5.20. The molecular weight excluding hydrogens is 783 g/mol. The van der Waals surface area contributed by atoms with Gasteiger partial charge in [0.2, 0.25) is 0 Å². The minimum absolute atomic E-state index is 0.118. The number of hydrogen-bond donors (Lipinski definition) is 0. The van der Waals surface area contributed by atoms with Crippen molar-refractivity contribution in [2.45, 2.75) is 45.5 Å². The van der Waals surface area contributed by atoms with Gasteiger partial charge in [0.1, 0.15) is 23.0 Å². The van der Waals surface area contributed by atoms with Gasteiger partial charge in [-0.05, 0) is 159 Å². The molecule has 12 heteroatoms. The van der Waals surface area contributed by atoms with E-state index < -0.39 is 40.0 Å². The van der Waals surface area contributed by atoms with Gasteiger partial charge < -0.3 is 18.9 Å². The number of benzene rings is 4. The number of alkyl halides is 6. The van der Waals surface area contributed by atoms with Gasteiger partial charge in [0.25, 0.3) is 0 Å². The maximum Gasteiger partial charge on any atom is 0.380 e. The van der Waals surface area contributed by atoms with E-state index in [1.54, 1.807) is 111 Å². The number of ether oxygens (including phenoxy) is 4. The second-order valence-corrected chi connectivity index (χ2v) is 15.1. The summed E-state index contributed by atoms with van der Waals surface area (Å²) >= 11 is 2.08. The predicted octanol–water partition coefficient (Wildman–Crippen LogP) is 13.9. The van der Waals surface area contributed by atoms with Crippen molar-refractivity contribution in [1.82, 2.24) is 0 Å². The summed E-state index contributed by atoms with van der Waals surface area (Å²) in [5.41, 5.74) is -1.85. The largest absolute Gasteiger partial charge is 0.494 e. The molecule has 0 amide bonds. The third-order valence-electron chi connectivity index (χ3n) is 9.42. The van der Waals surface area contributed by atoms with Gasteiger partial charge in [0.05, 0.1) is 26.4 Å². The standard InChI is InChI=1S/C45H38F6O4S2/c1-5-52-31-17-9-27(10-18-31)37-25-35(41(56-37)29-13-21-33(22-14-29)54-7-3)39-40(44(48,49)45(50,51)43(39,46)47)36-26-38(28-11-19-32(20-12-28)53-6-2)57-42(36)30-15-23-34(24-16-30)55-8-4/h9-26H,5-8H2,1-4H3. The summed E-state index contributed by atoms with van der Waals surface area (Å²) in [5, 5.41) is 0. The number of allylic oxidation sites excluding steroid dienone is 2. The Balaban J connectivity index is 1.52. The zero-order chi connectivity index (χ0) is 40.5. The van der Waals surface area contributed by atoms with E-state index in [2.05, 4.69) is 0 Å². The van der Waals surface area contributed by atoms with Crippen molar-refractivity contribution in [2.24, 2.45) is 0 Å². The van der Waals surface area contributed by atoms with E-state index in [0.29, 0.717) is 81.4 Å². The Morgan fingerprint density at radius 3 is 0.930 bits per heavy atom. The highest BCUT2D eigenvalue weighted by atomic mass is 32.1. The highest BCUT2D eigenvalue weighted by Gasteiger charge is 2.80. The molecule has 0 fully saturated rings. The lowest BCUT2D eigenvalue weighted by atomic mass is 9.92. The molecule has 4 nitrogen and oxygen atoms in total. The summed E-state index contributed by atoms with van der Waals surface area (Å²) in [7, 11) is 0. The number of thiophene rings is 2. The van der Waals surface area contributed by atoms with Gasteiger partial charge in [-0.1, -0.05) is 0 Å². The molecule has 6 aromatic rings. The van der Waals surface area contributed by atoms with Crippen LogP contribution in [0.1, 0.15) is 38.8 Å². The van der Waals surface area contributed by atoms with E-state index in [1.165, 1.54) is 12.1 Å². The van der Waals surface area contributed by atoms with Crippen LogP contribution in [0.5, 0.6) is 23.0 Å². The molecule has 1 aliphatic rings. The van der Waals surface area contributed by atoms with Gasteiger partial charge in [-0.25, -0.2) is 0 Å². The number of rotatable bonds is 14. The Kier molecular flexibility index (Phi) is 11.2. The molecule has 2 heterocycles. The van der Waals surface area contributed by atoms with E-state index in [9.17, 15) is 0 Å². The minimum Gasteiger partial charge on any atom is -0.494 e. The fraction of sp³-hybridized carbons (Fsp3) is 0.244. The molecule has 0 radical (unpaired) electrons. The quantitative estimate of drug-likeness (QED) is 0.103. The molecule has 4 aromatic carbocycles. The van der Waals surface area contributed by atoms with E-state index in [0.717, 1.165) is 22.7 Å². The first-order valence-electron chi connectivity index (χ1n) is 18.4. The van der Waals surface area contributed by atoms with Crippen LogP contribution in [-0.4, -0.2) is 44.2 Å². The van der Waals surface area contributed by atoms with Crippen LogP contribution in [0.4, 0.5) is 26.3 Å². The summed E-state index contributed by atoms with van der Waals surface area (Å²) in [4.78, 5) is 1.05. The van der Waals surface area contributed by atoms with Crippen LogP contribution in [0, 0.1) is 0 Å². The fourth-order valence-corrected chi connectivity index (χ4v) is 9.15. The van der Waals surface area contributed by atoms with Crippen molar-refractivity contribution in [3.8, 4) is 64.8 Å². The lowest BCUT2D eigenvalue weighted by Crippen LogP contribution is -2.48. The van der Waals surface area contributed by atoms with Gasteiger partial charge >= 0.3 is 17.8 Å². The second-order valence-electron chi connectivity index (χ2n) is 13.0. The van der Waals surface area contributed by atoms with Crippen LogP contribution in [0.3, 0.4) is 0 Å². The van der Waals surface area contributed by atoms with Crippen molar-refractivity contribution < 1.29 is 45.3 Å². The van der Waals surface area contributed by atoms with Crippen LogP contribution in [0.15, 0.2) is 109 Å². The summed E-state index contributed by atoms with van der Waals surface area (Å²) in [6, 6.07) is 29.1. The molecule has 7 rings (SSSR count). The Morgan fingerprint density at radius 2 is 0.667 bits per heavy atom. The molecule has 0 spiro atoms. The Labute approximate surface area is 334 Å². The average Bonchev–Trinajstić information content (AvgIpc) is 3.86. The van der Waals surface area contributed by atoms with E-state index in [1.807, 2.05) is 13.8 Å². The van der Waals surface area contributed by atoms with Crippen LogP contribution in [0.2, 0.25) is 0 Å². The predicted molar refractivity (Wildman–Crippen MR) is 217 cm³/mol. The van der Waals surface area contributed by atoms with Crippen molar-refractivity contribution in [1.29, 1.82) is 0 Å². The molecule has 0 aliphatic heterocycles. The summed E-state index contributed by atoms with van der Waals surface area (Å²) < 4.78 is 121. The maximum absolute atomic E-state index is 16.7. The van der Waals surface area contributed by atoms with Crippen molar-refractivity contribution in [2.75, 3.05) is 26.4 Å². The van der Waals surface area contributed by atoms with Gasteiger partial charge in [0, 0.05) is 41.8 Å². The molecule has 0 unspecified atom stereocenters. The first-order valence-corrected chi connectivity index (χ1v) is 20.1. The van der Waals surface area contributed by atoms with Gasteiger partial charge in [-0.15, -0.1) is 22.7 Å². The molecule has 2 aromatic heterocycles. The number of halogens is 6. The normalized spacial score (nSPS) is 15.5. The monoisotopic (exact) mass is 820 g/mol. The van der Waals surface area contributed by atoms with Crippen molar-refractivity contribution >= 4 is 33.8 Å². The topological polar surface area (TPSA) is 36.9 Å². The van der Waals surface area contributed by atoms with Crippen LogP contribution < -0.4 is 18.9 Å². The third kappa shape index (κ3) is 7.29. The molecule has 296 valence electrons. The third-order valence-corrected chi connectivity index (χ3v) is 11.9. The van der Waals surface area contributed by atoms with E-state index >= 15 is 26.3 Å². The first kappa shape index (κ1) is 40.0. The highest BCUT2D eigenvalue weighted by molar-refractivity contribution is 7.19. The lowest BCUT2D eigenvalue weighted by Gasteiger charge is -2.26. The zero-order valence-electron chi connectivity index (χ0n) is 31.4. The fourth-order valence-electron chi connectivity index (χ4n) is 6.80.